The third-order valence-corrected chi connectivity index (χ3v) is 4.29. The Morgan fingerprint density at radius 3 is 2.27 bits per heavy atom. The van der Waals surface area contributed by atoms with E-state index in [1.165, 1.54) is 0 Å². The van der Waals surface area contributed by atoms with E-state index in [4.69, 9.17) is 21.5 Å². The third kappa shape index (κ3) is 2.45. The summed E-state index contributed by atoms with van der Waals surface area (Å²) in [6.45, 7) is 0. The molecule has 0 aliphatic heterocycles. The van der Waals surface area contributed by atoms with Crippen LogP contribution in [-0.2, 0) is 0 Å². The monoisotopic (exact) mass is 360 g/mol. The van der Waals surface area contributed by atoms with Gasteiger partial charge in [0.2, 0.25) is 5.28 Å². The maximum Gasteiger partial charge on any atom is 0.223 e. The van der Waals surface area contributed by atoms with Gasteiger partial charge in [-0.3, -0.25) is 0 Å². The van der Waals surface area contributed by atoms with Crippen molar-refractivity contribution in [1.29, 1.82) is 0 Å². The van der Waals surface area contributed by atoms with Crippen molar-refractivity contribution in [1.82, 2.24) is 9.97 Å². The summed E-state index contributed by atoms with van der Waals surface area (Å²) in [5, 5.41) is 0.669. The second-order valence-electron chi connectivity index (χ2n) is 5.73. The number of hydrogen-bond donors (Lipinski definition) is 0. The van der Waals surface area contributed by atoms with Gasteiger partial charge in [0.05, 0.1) is 5.48 Å². The lowest BCUT2D eigenvalue weighted by atomic mass is 10.0. The van der Waals surface area contributed by atoms with E-state index in [0.29, 0.717) is 16.7 Å². The Bertz CT molecular complexity index is 1420. The van der Waals surface area contributed by atoms with Gasteiger partial charge >= 0.3 is 0 Å². The Balaban J connectivity index is 1.87. The molecular weight excluding hydrogens is 344 g/mol. The first-order valence-electron chi connectivity index (χ1n) is 9.98. The molecule has 2 aromatic heterocycles. The Kier molecular flexibility index (Phi) is 2.63. The highest BCUT2D eigenvalue weighted by Gasteiger charge is 2.16. The van der Waals surface area contributed by atoms with E-state index in [1.807, 2.05) is 24.3 Å². The van der Waals surface area contributed by atoms with E-state index in [9.17, 15) is 0 Å². The van der Waals surface area contributed by atoms with Crippen molar-refractivity contribution in [2.24, 2.45) is 0 Å². The summed E-state index contributed by atoms with van der Waals surface area (Å²) in [5.74, 6) is 0. The lowest BCUT2D eigenvalue weighted by Crippen LogP contribution is -1.89. The van der Waals surface area contributed by atoms with Crippen LogP contribution in [0.1, 0.15) is 5.48 Å². The zero-order chi connectivity index (χ0) is 21.0. The highest BCUT2D eigenvalue weighted by atomic mass is 35.5. The predicted octanol–water partition coefficient (Wildman–Crippen LogP) is 6.36. The van der Waals surface area contributed by atoms with Crippen molar-refractivity contribution in [3.05, 3.63) is 84.1 Å². The fourth-order valence-corrected chi connectivity index (χ4v) is 3.08. The van der Waals surface area contributed by atoms with Gasteiger partial charge in [0.25, 0.3) is 0 Å². The van der Waals surface area contributed by atoms with Crippen LogP contribution in [0.25, 0.3) is 44.5 Å². The smallest absolute Gasteiger partial charge is 0.223 e. The summed E-state index contributed by atoms with van der Waals surface area (Å²) in [6.07, 6.45) is 0. The molecule has 3 aromatic carbocycles. The van der Waals surface area contributed by atoms with Gasteiger partial charge in [-0.25, -0.2) is 9.97 Å². The van der Waals surface area contributed by atoms with Gasteiger partial charge < -0.3 is 4.42 Å². The molecule has 0 aliphatic carbocycles. The summed E-state index contributed by atoms with van der Waals surface area (Å²) in [7, 11) is 0. The van der Waals surface area contributed by atoms with Gasteiger partial charge in [-0.15, -0.1) is 0 Å². The van der Waals surface area contributed by atoms with E-state index in [-0.39, 0.29) is 51.9 Å². The normalized spacial score (nSPS) is 13.4. The van der Waals surface area contributed by atoms with E-state index >= 15 is 0 Å². The molecule has 0 saturated carbocycles. The summed E-state index contributed by atoms with van der Waals surface area (Å²) in [6, 6.07) is 15.5. The van der Waals surface area contributed by atoms with Gasteiger partial charge in [0.15, 0.2) is 5.58 Å². The Hall–Kier alpha value is -3.17. The predicted molar refractivity (Wildman–Crippen MR) is 105 cm³/mol. The van der Waals surface area contributed by atoms with Crippen molar-refractivity contribution < 1.29 is 9.90 Å². The Labute approximate surface area is 160 Å². The van der Waals surface area contributed by atoms with Gasteiger partial charge in [0.1, 0.15) is 16.8 Å². The number of rotatable bonds is 2. The van der Waals surface area contributed by atoms with Gasteiger partial charge in [-0.05, 0) is 34.9 Å². The largest absolute Gasteiger partial charge is 0.452 e. The number of hydrogen-bond acceptors (Lipinski definition) is 3. The molecule has 0 bridgehead atoms. The van der Waals surface area contributed by atoms with Crippen LogP contribution in [0.5, 0.6) is 0 Å². The summed E-state index contributed by atoms with van der Waals surface area (Å²) >= 11 is 6.16. The number of halogens is 1. The van der Waals surface area contributed by atoms with Gasteiger partial charge in [-0.2, -0.15) is 0 Å². The molecular formula is C22H13ClN2O. The zero-order valence-corrected chi connectivity index (χ0v) is 14.1. The minimum atomic E-state index is -0.216. The van der Waals surface area contributed by atoms with Crippen LogP contribution in [0.2, 0.25) is 5.28 Å². The number of fused-ring (bicyclic) bond motifs is 3. The standard InChI is InChI=1S/C22H13ClN2O/c23-22-24-19(21-20(25-22)17-8-4-5-9-18(17)26-21)16-12-10-15(11-13-16)14-6-2-1-3-7-14/h1-13H/i10D,11D,12D,13D. The van der Waals surface area contributed by atoms with E-state index in [1.54, 1.807) is 30.3 Å². The number of para-hydroxylation sites is 1. The SMILES string of the molecule is [2H]c1c([2H])c(-c2nc(Cl)nc3c2oc2ccccc23)c([2H])c([2H])c1-c1ccccc1. The second kappa shape index (κ2) is 5.97. The topological polar surface area (TPSA) is 38.9 Å². The van der Waals surface area contributed by atoms with Crippen LogP contribution in [0.4, 0.5) is 0 Å². The van der Waals surface area contributed by atoms with Crippen LogP contribution >= 0.6 is 11.6 Å². The number of aromatic nitrogens is 2. The van der Waals surface area contributed by atoms with Crippen LogP contribution in [0, 0.1) is 0 Å². The second-order valence-corrected chi connectivity index (χ2v) is 6.07. The van der Waals surface area contributed by atoms with E-state index in [2.05, 4.69) is 9.97 Å². The average molecular weight is 361 g/mol. The van der Waals surface area contributed by atoms with Crippen LogP contribution in [0.3, 0.4) is 0 Å². The van der Waals surface area contributed by atoms with Crippen LogP contribution < -0.4 is 0 Å². The summed E-state index contributed by atoms with van der Waals surface area (Å²) < 4.78 is 40.2. The van der Waals surface area contributed by atoms with Crippen molar-refractivity contribution in [2.75, 3.05) is 0 Å². The molecule has 0 radical (unpaired) electrons. The summed E-state index contributed by atoms with van der Waals surface area (Å²) in [5.41, 5.74) is 2.31. The van der Waals surface area contributed by atoms with Crippen molar-refractivity contribution in [3.63, 3.8) is 0 Å². The molecule has 0 saturated heterocycles. The average Bonchev–Trinajstić information content (AvgIpc) is 3.12. The molecule has 124 valence electrons. The lowest BCUT2D eigenvalue weighted by molar-refractivity contribution is 0.667. The van der Waals surface area contributed by atoms with E-state index in [0.717, 1.165) is 5.39 Å². The fourth-order valence-electron chi connectivity index (χ4n) is 2.91. The molecule has 0 fully saturated rings. The molecule has 0 amide bonds. The fraction of sp³-hybridized carbons (Fsp3) is 0. The Morgan fingerprint density at radius 1 is 0.769 bits per heavy atom. The lowest BCUT2D eigenvalue weighted by Gasteiger charge is -2.05. The number of furan rings is 1. The quantitative estimate of drug-likeness (QED) is 0.343. The van der Waals surface area contributed by atoms with Crippen LogP contribution in [0.15, 0.2) is 83.2 Å². The van der Waals surface area contributed by atoms with Gasteiger partial charge in [0, 0.05) is 10.9 Å². The molecule has 26 heavy (non-hydrogen) atoms. The number of benzene rings is 3. The number of nitrogens with zero attached hydrogens (tertiary/aromatic N) is 2. The van der Waals surface area contributed by atoms with E-state index < -0.39 is 0 Å². The zero-order valence-electron chi connectivity index (χ0n) is 17.4. The summed E-state index contributed by atoms with van der Waals surface area (Å²) in [4.78, 5) is 8.49. The minimum Gasteiger partial charge on any atom is -0.452 e. The maximum atomic E-state index is 8.60. The molecule has 5 aromatic rings. The molecule has 0 spiro atoms. The molecule has 0 N–H and O–H groups in total. The van der Waals surface area contributed by atoms with Crippen molar-refractivity contribution in [2.45, 2.75) is 0 Å². The molecule has 5 rings (SSSR count). The highest BCUT2D eigenvalue weighted by molar-refractivity contribution is 6.29. The molecule has 0 aliphatic rings. The van der Waals surface area contributed by atoms with Crippen molar-refractivity contribution >= 4 is 33.7 Å². The molecule has 0 atom stereocenters. The molecule has 0 unspecified atom stereocenters. The molecule has 3 nitrogen and oxygen atoms in total. The molecule has 2 heterocycles. The van der Waals surface area contributed by atoms with Crippen molar-refractivity contribution in [3.8, 4) is 22.4 Å². The first-order chi connectivity index (χ1) is 14.5. The maximum absolute atomic E-state index is 8.60. The first kappa shape index (κ1) is 11.4. The highest BCUT2D eigenvalue weighted by Crippen LogP contribution is 2.35. The first-order valence-corrected chi connectivity index (χ1v) is 8.36. The van der Waals surface area contributed by atoms with Gasteiger partial charge in [-0.1, -0.05) is 66.6 Å². The minimum absolute atomic E-state index is 0.0260. The third-order valence-electron chi connectivity index (χ3n) is 4.12. The van der Waals surface area contributed by atoms with Crippen LogP contribution in [-0.4, -0.2) is 9.97 Å². The molecule has 4 heteroatoms. The Morgan fingerprint density at radius 2 is 1.46 bits per heavy atom.